The Kier molecular flexibility index (Phi) is 4.55. The van der Waals surface area contributed by atoms with Crippen LogP contribution in [0.4, 0.5) is 0 Å². The number of hydrogen-bond acceptors (Lipinski definition) is 3. The van der Waals surface area contributed by atoms with Gasteiger partial charge in [0.25, 0.3) is 5.56 Å². The van der Waals surface area contributed by atoms with Crippen LogP contribution in [0.2, 0.25) is 0 Å². The molecule has 3 aromatic rings. The van der Waals surface area contributed by atoms with Crippen molar-refractivity contribution in [2.75, 3.05) is 6.54 Å². The van der Waals surface area contributed by atoms with E-state index in [0.717, 1.165) is 49.4 Å². The zero-order chi connectivity index (χ0) is 19.1. The van der Waals surface area contributed by atoms with E-state index in [4.69, 9.17) is 4.98 Å². The highest BCUT2D eigenvalue weighted by molar-refractivity contribution is 5.83. The van der Waals surface area contributed by atoms with Crippen molar-refractivity contribution in [2.45, 2.75) is 57.5 Å². The lowest BCUT2D eigenvalue weighted by molar-refractivity contribution is 0.241. The van der Waals surface area contributed by atoms with Gasteiger partial charge in [-0.2, -0.15) is 0 Å². The van der Waals surface area contributed by atoms with Gasteiger partial charge in [0.1, 0.15) is 5.82 Å². The molecular weight excluding hydrogens is 348 g/mol. The summed E-state index contributed by atoms with van der Waals surface area (Å²) in [5.74, 6) is 1.38. The summed E-state index contributed by atoms with van der Waals surface area (Å²) >= 11 is 0. The third-order valence-corrected chi connectivity index (χ3v) is 6.53. The molecule has 2 aromatic heterocycles. The van der Waals surface area contributed by atoms with Crippen LogP contribution in [0.5, 0.6) is 0 Å². The second-order valence-corrected chi connectivity index (χ2v) is 8.45. The van der Waals surface area contributed by atoms with Crippen LogP contribution in [-0.2, 0) is 26.6 Å². The second-order valence-electron chi connectivity index (χ2n) is 8.45. The summed E-state index contributed by atoms with van der Waals surface area (Å²) in [5, 5.41) is 1.30. The third-order valence-electron chi connectivity index (χ3n) is 6.53. The van der Waals surface area contributed by atoms with Crippen LogP contribution in [0.1, 0.15) is 60.7 Å². The van der Waals surface area contributed by atoms with E-state index in [9.17, 15) is 4.79 Å². The summed E-state index contributed by atoms with van der Waals surface area (Å²) in [4.78, 5) is 23.2. The van der Waals surface area contributed by atoms with Crippen molar-refractivity contribution in [1.29, 1.82) is 0 Å². The van der Waals surface area contributed by atoms with Crippen molar-refractivity contribution in [1.82, 2.24) is 19.4 Å². The molecule has 5 nitrogen and oxygen atoms in total. The number of H-pyrrole nitrogens is 1. The lowest BCUT2D eigenvalue weighted by Gasteiger charge is -2.28. The predicted octanol–water partition coefficient (Wildman–Crippen LogP) is 3.87. The van der Waals surface area contributed by atoms with Crippen molar-refractivity contribution >= 4 is 10.9 Å². The van der Waals surface area contributed by atoms with Crippen molar-refractivity contribution in [3.63, 3.8) is 0 Å². The minimum Gasteiger partial charge on any atom is -0.350 e. The molecule has 1 fully saturated rings. The fourth-order valence-electron chi connectivity index (χ4n) is 5.00. The quantitative estimate of drug-likeness (QED) is 0.755. The Morgan fingerprint density at radius 1 is 1.18 bits per heavy atom. The van der Waals surface area contributed by atoms with Gasteiger partial charge in [-0.1, -0.05) is 37.5 Å². The minimum atomic E-state index is 0.0770. The number of benzene rings is 1. The monoisotopic (exact) mass is 376 g/mol. The van der Waals surface area contributed by atoms with E-state index >= 15 is 0 Å². The van der Waals surface area contributed by atoms with Gasteiger partial charge in [0.05, 0.1) is 11.3 Å². The average molecular weight is 377 g/mol. The van der Waals surface area contributed by atoms with Crippen LogP contribution in [-0.4, -0.2) is 26.0 Å². The van der Waals surface area contributed by atoms with Gasteiger partial charge in [-0.25, -0.2) is 4.98 Å². The Hall–Kier alpha value is -2.40. The zero-order valence-corrected chi connectivity index (χ0v) is 16.6. The topological polar surface area (TPSA) is 53.9 Å². The lowest BCUT2D eigenvalue weighted by atomic mass is 9.88. The number of nitrogens with one attached hydrogen (secondary N) is 1. The molecular formula is C23H28N4O. The number of nitrogens with zero attached hydrogens (tertiary/aromatic N) is 3. The summed E-state index contributed by atoms with van der Waals surface area (Å²) in [6.07, 6.45) is 9.23. The van der Waals surface area contributed by atoms with Crippen LogP contribution in [0.15, 0.2) is 35.3 Å². The van der Waals surface area contributed by atoms with Gasteiger partial charge in [-0.15, -0.1) is 0 Å². The molecule has 0 radical (unpaired) electrons. The third kappa shape index (κ3) is 3.18. The summed E-state index contributed by atoms with van der Waals surface area (Å²) in [5.41, 5.74) is 4.55. The van der Waals surface area contributed by atoms with Crippen molar-refractivity contribution in [3.05, 3.63) is 63.5 Å². The van der Waals surface area contributed by atoms with E-state index in [0.29, 0.717) is 12.5 Å². The van der Waals surface area contributed by atoms with Crippen LogP contribution >= 0.6 is 0 Å². The normalized spacial score (nSPS) is 18.5. The van der Waals surface area contributed by atoms with Crippen LogP contribution < -0.4 is 5.56 Å². The Labute approximate surface area is 165 Å². The molecule has 1 saturated carbocycles. The minimum absolute atomic E-state index is 0.0770. The molecule has 5 rings (SSSR count). The van der Waals surface area contributed by atoms with Crippen molar-refractivity contribution in [3.8, 4) is 0 Å². The maximum Gasteiger partial charge on any atom is 0.255 e. The van der Waals surface area contributed by atoms with E-state index < -0.39 is 0 Å². The van der Waals surface area contributed by atoms with Gasteiger partial charge in [0, 0.05) is 56.1 Å². The first-order valence-corrected chi connectivity index (χ1v) is 10.6. The molecule has 28 heavy (non-hydrogen) atoms. The molecule has 1 aliphatic carbocycles. The molecule has 3 heterocycles. The first-order chi connectivity index (χ1) is 13.7. The fourth-order valence-corrected chi connectivity index (χ4v) is 5.00. The number of hydrogen-bond donors (Lipinski definition) is 1. The van der Waals surface area contributed by atoms with E-state index in [2.05, 4.69) is 52.0 Å². The maximum absolute atomic E-state index is 12.8. The molecule has 0 saturated heterocycles. The molecule has 146 valence electrons. The average Bonchev–Trinajstić information content (AvgIpc) is 3.05. The molecule has 5 heteroatoms. The SMILES string of the molecule is Cn1cc(CN2CCc3nc(C4CCCCC4)[nH]c(=O)c3C2)c2ccccc21. The highest BCUT2D eigenvalue weighted by Crippen LogP contribution is 2.31. The Morgan fingerprint density at radius 3 is 2.86 bits per heavy atom. The molecule has 1 aromatic carbocycles. The largest absolute Gasteiger partial charge is 0.350 e. The van der Waals surface area contributed by atoms with Gasteiger partial charge in [0.2, 0.25) is 0 Å². The molecule has 0 atom stereocenters. The first kappa shape index (κ1) is 17.7. The van der Waals surface area contributed by atoms with Gasteiger partial charge >= 0.3 is 0 Å². The Balaban J connectivity index is 1.38. The van der Waals surface area contributed by atoms with E-state index in [-0.39, 0.29) is 5.56 Å². The number of aromatic amines is 1. The highest BCUT2D eigenvalue weighted by Gasteiger charge is 2.25. The van der Waals surface area contributed by atoms with E-state index in [1.807, 2.05) is 0 Å². The van der Waals surface area contributed by atoms with Crippen LogP contribution in [0, 0.1) is 0 Å². The van der Waals surface area contributed by atoms with Gasteiger partial charge in [-0.05, 0) is 24.5 Å². The number of rotatable bonds is 3. The van der Waals surface area contributed by atoms with Crippen LogP contribution in [0.3, 0.4) is 0 Å². The molecule has 2 aliphatic rings. The number of fused-ring (bicyclic) bond motifs is 2. The molecule has 0 amide bonds. The Morgan fingerprint density at radius 2 is 2.00 bits per heavy atom. The van der Waals surface area contributed by atoms with Crippen molar-refractivity contribution in [2.24, 2.45) is 7.05 Å². The zero-order valence-electron chi connectivity index (χ0n) is 16.6. The second kappa shape index (κ2) is 7.21. The molecule has 0 bridgehead atoms. The fraction of sp³-hybridized carbons (Fsp3) is 0.478. The van der Waals surface area contributed by atoms with Crippen LogP contribution in [0.25, 0.3) is 10.9 Å². The Bertz CT molecular complexity index is 1060. The molecule has 1 N–H and O–H groups in total. The van der Waals surface area contributed by atoms with Gasteiger partial charge in [-0.3, -0.25) is 9.69 Å². The maximum atomic E-state index is 12.8. The molecule has 0 unspecified atom stereocenters. The number of aromatic nitrogens is 3. The van der Waals surface area contributed by atoms with Crippen molar-refractivity contribution < 1.29 is 0 Å². The summed E-state index contributed by atoms with van der Waals surface area (Å²) < 4.78 is 2.19. The lowest BCUT2D eigenvalue weighted by Crippen LogP contribution is -2.36. The highest BCUT2D eigenvalue weighted by atomic mass is 16.1. The molecule has 1 aliphatic heterocycles. The first-order valence-electron chi connectivity index (χ1n) is 10.6. The molecule has 0 spiro atoms. The standard InChI is InChI=1S/C23H28N4O/c1-26-13-17(18-9-5-6-10-21(18)26)14-27-12-11-20-19(15-27)23(28)25-22(24-20)16-7-3-2-4-8-16/h5-6,9-10,13,16H,2-4,7-8,11-12,14-15H2,1H3,(H,24,25,28). The summed E-state index contributed by atoms with van der Waals surface area (Å²) in [7, 11) is 2.10. The van der Waals surface area contributed by atoms with E-state index in [1.165, 1.54) is 35.7 Å². The van der Waals surface area contributed by atoms with E-state index in [1.54, 1.807) is 0 Å². The van der Waals surface area contributed by atoms with Gasteiger partial charge in [0.15, 0.2) is 0 Å². The summed E-state index contributed by atoms with van der Waals surface area (Å²) in [6, 6.07) is 8.52. The number of aryl methyl sites for hydroxylation is 1. The van der Waals surface area contributed by atoms with Gasteiger partial charge < -0.3 is 9.55 Å². The predicted molar refractivity (Wildman–Crippen MR) is 111 cm³/mol. The summed E-state index contributed by atoms with van der Waals surface area (Å²) in [6.45, 7) is 2.51. The number of para-hydroxylation sites is 1. The smallest absolute Gasteiger partial charge is 0.255 e.